The lowest BCUT2D eigenvalue weighted by Crippen LogP contribution is -2.45. The van der Waals surface area contributed by atoms with Crippen molar-refractivity contribution in [1.29, 1.82) is 0 Å². The zero-order chi connectivity index (χ0) is 20.4. The van der Waals surface area contributed by atoms with Crippen LogP contribution in [-0.2, 0) is 16.1 Å². The van der Waals surface area contributed by atoms with Gasteiger partial charge in [-0.05, 0) is 31.0 Å². The van der Waals surface area contributed by atoms with Gasteiger partial charge in [0.05, 0.1) is 13.2 Å². The van der Waals surface area contributed by atoms with Gasteiger partial charge in [0.15, 0.2) is 5.96 Å². The Morgan fingerprint density at radius 2 is 2.03 bits per heavy atom. The van der Waals surface area contributed by atoms with Crippen LogP contribution in [0.15, 0.2) is 29.3 Å². The molecule has 1 unspecified atom stereocenters. The van der Waals surface area contributed by atoms with Gasteiger partial charge >= 0.3 is 0 Å². The van der Waals surface area contributed by atoms with Crippen LogP contribution in [0.4, 0.5) is 5.69 Å². The molecule has 0 aromatic heterocycles. The van der Waals surface area contributed by atoms with Crippen LogP contribution in [-0.4, -0.2) is 62.7 Å². The number of ether oxygens (including phenoxy) is 1. The van der Waals surface area contributed by atoms with Gasteiger partial charge in [-0.3, -0.25) is 4.79 Å². The van der Waals surface area contributed by atoms with Crippen molar-refractivity contribution in [3.05, 3.63) is 29.8 Å². The van der Waals surface area contributed by atoms with E-state index < -0.39 is 0 Å². The minimum atomic E-state index is 0. The Hall–Kier alpha value is -1.55. The number of nitrogens with one attached hydrogen (secondary N) is 3. The molecule has 0 bridgehead atoms. The number of nitrogens with zero attached hydrogens (tertiary/aromatic N) is 2. The monoisotopic (exact) mass is 517 g/mol. The van der Waals surface area contributed by atoms with E-state index in [-0.39, 0.29) is 41.8 Å². The summed E-state index contributed by atoms with van der Waals surface area (Å²) < 4.78 is 5.05. The predicted octanol–water partition coefficient (Wildman–Crippen LogP) is 2.67. The van der Waals surface area contributed by atoms with Crippen LogP contribution < -0.4 is 16.0 Å². The molecular formula is C21H36IN5O2. The molecule has 1 aromatic carbocycles. The number of carbonyl (C=O) groups is 1. The van der Waals surface area contributed by atoms with Gasteiger partial charge < -0.3 is 25.6 Å². The van der Waals surface area contributed by atoms with E-state index in [1.54, 1.807) is 7.11 Å². The summed E-state index contributed by atoms with van der Waals surface area (Å²) in [5.74, 6) is 1.08. The summed E-state index contributed by atoms with van der Waals surface area (Å²) in [6, 6.07) is 8.54. The van der Waals surface area contributed by atoms with Crippen molar-refractivity contribution in [2.45, 2.75) is 39.8 Å². The summed E-state index contributed by atoms with van der Waals surface area (Å²) in [4.78, 5) is 18.8. The fourth-order valence-corrected chi connectivity index (χ4v) is 3.15. The Morgan fingerprint density at radius 1 is 1.31 bits per heavy atom. The summed E-state index contributed by atoms with van der Waals surface area (Å²) in [7, 11) is 1.70. The van der Waals surface area contributed by atoms with E-state index in [2.05, 4.69) is 47.1 Å². The first-order valence-corrected chi connectivity index (χ1v) is 10.2. The molecule has 0 radical (unpaired) electrons. The molecular weight excluding hydrogens is 481 g/mol. The van der Waals surface area contributed by atoms with E-state index in [9.17, 15) is 4.79 Å². The molecule has 1 heterocycles. The number of likely N-dealkylation sites (tertiary alicyclic amines) is 1. The number of benzene rings is 1. The normalized spacial score (nSPS) is 16.5. The van der Waals surface area contributed by atoms with Crippen molar-refractivity contribution in [1.82, 2.24) is 15.5 Å². The summed E-state index contributed by atoms with van der Waals surface area (Å²) in [5.41, 5.74) is 2.23. The Labute approximate surface area is 192 Å². The molecule has 7 nitrogen and oxygen atoms in total. The summed E-state index contributed by atoms with van der Waals surface area (Å²) in [6.07, 6.45) is 0.949. The van der Waals surface area contributed by atoms with Crippen LogP contribution in [0, 0.1) is 5.92 Å². The van der Waals surface area contributed by atoms with Gasteiger partial charge in [0, 0.05) is 50.9 Å². The zero-order valence-electron chi connectivity index (χ0n) is 18.0. The minimum absolute atomic E-state index is 0. The number of hydrogen-bond acceptors (Lipinski definition) is 4. The molecule has 164 valence electrons. The van der Waals surface area contributed by atoms with Crippen LogP contribution in [0.2, 0.25) is 0 Å². The van der Waals surface area contributed by atoms with Crippen molar-refractivity contribution in [3.8, 4) is 0 Å². The lowest BCUT2D eigenvalue weighted by molar-refractivity contribution is -0.133. The SMILES string of the molecule is CCNC(=NCc1ccc(NCCOC)cc1)NC1CCN(C(=O)C(C)C)C1.I. The molecule has 1 aromatic rings. The number of carbonyl (C=O) groups excluding carboxylic acids is 1. The first kappa shape index (κ1) is 25.5. The zero-order valence-corrected chi connectivity index (χ0v) is 20.4. The third kappa shape index (κ3) is 8.77. The number of rotatable bonds is 9. The van der Waals surface area contributed by atoms with Crippen LogP contribution in [0.5, 0.6) is 0 Å². The third-order valence-electron chi connectivity index (χ3n) is 4.69. The Kier molecular flexibility index (Phi) is 12.0. The highest BCUT2D eigenvalue weighted by atomic mass is 127. The van der Waals surface area contributed by atoms with Gasteiger partial charge in [-0.2, -0.15) is 0 Å². The lowest BCUT2D eigenvalue weighted by atomic mass is 10.2. The van der Waals surface area contributed by atoms with E-state index >= 15 is 0 Å². The first-order valence-electron chi connectivity index (χ1n) is 10.2. The van der Waals surface area contributed by atoms with E-state index in [4.69, 9.17) is 9.73 Å². The number of guanidine groups is 1. The van der Waals surface area contributed by atoms with Crippen molar-refractivity contribution in [3.63, 3.8) is 0 Å². The largest absolute Gasteiger partial charge is 0.383 e. The second kappa shape index (κ2) is 13.6. The number of amides is 1. The Balaban J connectivity index is 0.00000420. The number of aliphatic imine (C=N–C) groups is 1. The highest BCUT2D eigenvalue weighted by Gasteiger charge is 2.27. The van der Waals surface area contributed by atoms with Gasteiger partial charge in [0.25, 0.3) is 0 Å². The van der Waals surface area contributed by atoms with E-state index in [1.807, 2.05) is 18.7 Å². The van der Waals surface area contributed by atoms with Gasteiger partial charge in [-0.1, -0.05) is 26.0 Å². The molecule has 1 saturated heterocycles. The molecule has 0 saturated carbocycles. The average Bonchev–Trinajstić information content (AvgIpc) is 3.15. The van der Waals surface area contributed by atoms with Gasteiger partial charge in [0.1, 0.15) is 0 Å². The molecule has 1 aliphatic rings. The molecule has 1 amide bonds. The fraction of sp³-hybridized carbons (Fsp3) is 0.619. The van der Waals surface area contributed by atoms with Crippen LogP contribution in [0.1, 0.15) is 32.8 Å². The summed E-state index contributed by atoms with van der Waals surface area (Å²) in [5, 5.41) is 10.1. The van der Waals surface area contributed by atoms with Crippen LogP contribution in [0.25, 0.3) is 0 Å². The maximum atomic E-state index is 12.2. The molecule has 1 atom stereocenters. The van der Waals surface area contributed by atoms with Gasteiger partial charge in [-0.25, -0.2) is 4.99 Å². The fourth-order valence-electron chi connectivity index (χ4n) is 3.15. The van der Waals surface area contributed by atoms with Crippen molar-refractivity contribution < 1.29 is 9.53 Å². The maximum absolute atomic E-state index is 12.2. The topological polar surface area (TPSA) is 78.0 Å². The average molecular weight is 517 g/mol. The van der Waals surface area contributed by atoms with E-state index in [0.717, 1.165) is 49.8 Å². The minimum Gasteiger partial charge on any atom is -0.383 e. The predicted molar refractivity (Wildman–Crippen MR) is 130 cm³/mol. The summed E-state index contributed by atoms with van der Waals surface area (Å²) in [6.45, 7) is 10.4. The summed E-state index contributed by atoms with van der Waals surface area (Å²) >= 11 is 0. The van der Waals surface area contributed by atoms with Crippen molar-refractivity contribution >= 4 is 41.5 Å². The first-order chi connectivity index (χ1) is 13.5. The van der Waals surface area contributed by atoms with Crippen molar-refractivity contribution in [2.75, 3.05) is 45.2 Å². The highest BCUT2D eigenvalue weighted by Crippen LogP contribution is 2.13. The Morgan fingerprint density at radius 3 is 2.66 bits per heavy atom. The number of anilines is 1. The molecule has 0 spiro atoms. The highest BCUT2D eigenvalue weighted by molar-refractivity contribution is 14.0. The third-order valence-corrected chi connectivity index (χ3v) is 4.69. The molecule has 1 aliphatic heterocycles. The standard InChI is InChI=1S/C21H35N5O2.HI/c1-5-22-21(25-19-10-12-26(15-19)20(27)16(2)3)24-14-17-6-8-18(9-7-17)23-11-13-28-4;/h6-9,16,19,23H,5,10-15H2,1-4H3,(H2,22,24,25);1H. The molecule has 8 heteroatoms. The number of halogens is 1. The van der Waals surface area contributed by atoms with Crippen LogP contribution >= 0.6 is 24.0 Å². The molecule has 3 N–H and O–H groups in total. The van der Waals surface area contributed by atoms with Gasteiger partial charge in [0.2, 0.25) is 5.91 Å². The molecule has 1 fully saturated rings. The Bertz CT molecular complexity index is 636. The van der Waals surface area contributed by atoms with Gasteiger partial charge in [-0.15, -0.1) is 24.0 Å². The molecule has 29 heavy (non-hydrogen) atoms. The molecule has 2 rings (SSSR count). The smallest absolute Gasteiger partial charge is 0.225 e. The quantitative estimate of drug-likeness (QED) is 0.203. The lowest BCUT2D eigenvalue weighted by Gasteiger charge is -2.20. The number of methoxy groups -OCH3 is 1. The van der Waals surface area contributed by atoms with E-state index in [0.29, 0.717) is 13.2 Å². The van der Waals surface area contributed by atoms with Crippen molar-refractivity contribution in [2.24, 2.45) is 10.9 Å². The second-order valence-corrected chi connectivity index (χ2v) is 7.38. The maximum Gasteiger partial charge on any atom is 0.225 e. The molecule has 0 aliphatic carbocycles. The van der Waals surface area contributed by atoms with E-state index in [1.165, 1.54) is 0 Å². The second-order valence-electron chi connectivity index (χ2n) is 7.38. The number of hydrogen-bond donors (Lipinski definition) is 3. The van der Waals surface area contributed by atoms with Crippen LogP contribution in [0.3, 0.4) is 0 Å².